The van der Waals surface area contributed by atoms with E-state index in [1.165, 1.54) is 47.4 Å². The second-order valence-corrected chi connectivity index (χ2v) is 11.2. The van der Waals surface area contributed by atoms with Crippen molar-refractivity contribution in [2.24, 2.45) is 0 Å². The number of hydrogen-bond acceptors (Lipinski definition) is 6. The van der Waals surface area contributed by atoms with Crippen LogP contribution in [0.25, 0.3) is 6.08 Å². The van der Waals surface area contributed by atoms with Crippen molar-refractivity contribution in [2.45, 2.75) is 10.1 Å². The van der Waals surface area contributed by atoms with E-state index in [1.54, 1.807) is 66.2 Å². The van der Waals surface area contributed by atoms with Crippen molar-refractivity contribution in [1.82, 2.24) is 10.3 Å². The molecule has 5 rings (SSSR count). The minimum atomic E-state index is -0.643. The van der Waals surface area contributed by atoms with Crippen LogP contribution in [0.3, 0.4) is 0 Å². The summed E-state index contributed by atoms with van der Waals surface area (Å²) in [6.07, 6.45) is 2.91. The fourth-order valence-electron chi connectivity index (χ4n) is 4.03. The number of carbonyl (C=O) groups is 3. The van der Waals surface area contributed by atoms with E-state index < -0.39 is 22.9 Å². The van der Waals surface area contributed by atoms with Crippen LogP contribution >= 0.6 is 23.1 Å². The van der Waals surface area contributed by atoms with Crippen molar-refractivity contribution in [3.05, 3.63) is 149 Å². The number of benzene rings is 4. The van der Waals surface area contributed by atoms with Crippen molar-refractivity contribution >= 4 is 57.7 Å². The van der Waals surface area contributed by atoms with Gasteiger partial charge in [0.25, 0.3) is 11.8 Å². The second-order valence-electron chi connectivity index (χ2n) is 9.12. The molecule has 0 bridgehead atoms. The average Bonchev–Trinajstić information content (AvgIpc) is 3.54. The molecule has 3 amide bonds. The van der Waals surface area contributed by atoms with Crippen LogP contribution in [0.15, 0.2) is 131 Å². The molecule has 0 spiro atoms. The monoisotopic (exact) mass is 608 g/mol. The number of amides is 3. The Morgan fingerprint density at radius 1 is 0.837 bits per heavy atom. The highest BCUT2D eigenvalue weighted by Crippen LogP contribution is 2.37. The van der Waals surface area contributed by atoms with E-state index in [2.05, 4.69) is 20.9 Å². The Bertz CT molecular complexity index is 1750. The van der Waals surface area contributed by atoms with Crippen molar-refractivity contribution in [1.29, 1.82) is 0 Å². The van der Waals surface area contributed by atoms with Crippen molar-refractivity contribution in [3.63, 3.8) is 0 Å². The molecule has 10 heteroatoms. The molecule has 4 aromatic carbocycles. The Labute approximate surface area is 255 Å². The Hall–Kier alpha value is -5.06. The minimum Gasteiger partial charge on any atom is -0.321 e. The standard InChI is InChI=1S/C33H25FN4O3S2/c34-27-17-8-7-14-24(27)20-28(37-30(39)23-12-5-2-6-13-23)31(40)36-25-15-9-16-26(21-25)43-29(22-10-3-1-4-11-22)32(41)38-33-35-18-19-42-33/h1-21,29H,(H,36,40)(H,37,39)(H,35,38,41)/b28-20-. The van der Waals surface area contributed by atoms with Gasteiger partial charge in [-0.3, -0.25) is 14.4 Å². The molecule has 1 heterocycles. The minimum absolute atomic E-state index is 0.137. The van der Waals surface area contributed by atoms with Gasteiger partial charge in [-0.25, -0.2) is 9.37 Å². The van der Waals surface area contributed by atoms with Crippen LogP contribution in [0, 0.1) is 5.82 Å². The summed E-state index contributed by atoms with van der Waals surface area (Å²) in [5, 5.41) is 9.95. The van der Waals surface area contributed by atoms with E-state index in [-0.39, 0.29) is 17.2 Å². The molecular weight excluding hydrogens is 584 g/mol. The summed E-state index contributed by atoms with van der Waals surface area (Å²) in [6, 6.07) is 30.7. The van der Waals surface area contributed by atoms with E-state index in [1.807, 2.05) is 36.4 Å². The van der Waals surface area contributed by atoms with Gasteiger partial charge in [0.05, 0.1) is 0 Å². The number of carbonyl (C=O) groups excluding carboxylic acids is 3. The fraction of sp³-hybridized carbons (Fsp3) is 0.0303. The van der Waals surface area contributed by atoms with Crippen molar-refractivity contribution in [3.8, 4) is 0 Å². The number of thiazole rings is 1. The summed E-state index contributed by atoms with van der Waals surface area (Å²) in [7, 11) is 0. The largest absolute Gasteiger partial charge is 0.321 e. The van der Waals surface area contributed by atoms with Gasteiger partial charge in [0.15, 0.2) is 5.13 Å². The first kappa shape index (κ1) is 29.4. The lowest BCUT2D eigenvalue weighted by Crippen LogP contribution is -2.30. The van der Waals surface area contributed by atoms with Crippen LogP contribution < -0.4 is 16.0 Å². The van der Waals surface area contributed by atoms with E-state index in [4.69, 9.17) is 0 Å². The molecule has 0 saturated carbocycles. The summed E-state index contributed by atoms with van der Waals surface area (Å²) >= 11 is 2.64. The topological polar surface area (TPSA) is 100 Å². The second kappa shape index (κ2) is 14.2. The molecule has 1 atom stereocenters. The van der Waals surface area contributed by atoms with Gasteiger partial charge in [-0.15, -0.1) is 23.1 Å². The lowest BCUT2D eigenvalue weighted by atomic mass is 10.1. The molecule has 0 aliphatic heterocycles. The van der Waals surface area contributed by atoms with Gasteiger partial charge in [0.1, 0.15) is 16.8 Å². The van der Waals surface area contributed by atoms with Crippen LogP contribution in [-0.2, 0) is 9.59 Å². The molecule has 0 aliphatic carbocycles. The zero-order valence-corrected chi connectivity index (χ0v) is 24.2. The third-order valence-electron chi connectivity index (χ3n) is 6.08. The maximum absolute atomic E-state index is 14.5. The van der Waals surface area contributed by atoms with Crippen molar-refractivity contribution < 1.29 is 18.8 Å². The van der Waals surface area contributed by atoms with Gasteiger partial charge < -0.3 is 16.0 Å². The summed E-state index contributed by atoms with van der Waals surface area (Å²) in [5.74, 6) is -1.93. The molecule has 7 nitrogen and oxygen atoms in total. The Morgan fingerprint density at radius 2 is 1.56 bits per heavy atom. The normalized spacial score (nSPS) is 11.8. The maximum atomic E-state index is 14.5. The fourth-order valence-corrected chi connectivity index (χ4v) is 5.64. The highest BCUT2D eigenvalue weighted by Gasteiger charge is 2.23. The Morgan fingerprint density at radius 3 is 2.28 bits per heavy atom. The van der Waals surface area contributed by atoms with Gasteiger partial charge in [-0.2, -0.15) is 0 Å². The number of nitrogens with one attached hydrogen (secondary N) is 3. The van der Waals surface area contributed by atoms with Gasteiger partial charge in [0, 0.05) is 33.3 Å². The predicted octanol–water partition coefficient (Wildman–Crippen LogP) is 7.16. The highest BCUT2D eigenvalue weighted by molar-refractivity contribution is 8.00. The number of thioether (sulfide) groups is 1. The summed E-state index contributed by atoms with van der Waals surface area (Å²) in [6.45, 7) is 0. The first-order valence-corrected chi connectivity index (χ1v) is 14.9. The lowest BCUT2D eigenvalue weighted by Gasteiger charge is -2.17. The Balaban J connectivity index is 1.38. The molecule has 0 saturated heterocycles. The molecule has 0 aliphatic rings. The number of anilines is 2. The molecule has 43 heavy (non-hydrogen) atoms. The van der Waals surface area contributed by atoms with Gasteiger partial charge >= 0.3 is 0 Å². The van der Waals surface area contributed by atoms with E-state index >= 15 is 0 Å². The molecule has 1 aromatic heterocycles. The first-order valence-electron chi connectivity index (χ1n) is 13.1. The van der Waals surface area contributed by atoms with Gasteiger partial charge in [-0.05, 0) is 48.0 Å². The third kappa shape index (κ3) is 8.03. The molecular formula is C33H25FN4O3S2. The predicted molar refractivity (Wildman–Crippen MR) is 169 cm³/mol. The number of nitrogens with zero attached hydrogens (tertiary/aromatic N) is 1. The third-order valence-corrected chi connectivity index (χ3v) is 8.02. The maximum Gasteiger partial charge on any atom is 0.272 e. The molecule has 0 fully saturated rings. The molecule has 1 unspecified atom stereocenters. The molecule has 214 valence electrons. The lowest BCUT2D eigenvalue weighted by molar-refractivity contribution is -0.116. The smallest absolute Gasteiger partial charge is 0.272 e. The SMILES string of the molecule is O=C(Nc1cccc(SC(C(=O)Nc2nccs2)c2ccccc2)c1)/C(=C/c1ccccc1F)NC(=O)c1ccccc1. The number of halogens is 1. The first-order chi connectivity index (χ1) is 21.0. The Kier molecular flexibility index (Phi) is 9.73. The molecule has 5 aromatic rings. The highest BCUT2D eigenvalue weighted by atomic mass is 32.2. The van der Waals surface area contributed by atoms with E-state index in [0.717, 1.165) is 5.56 Å². The van der Waals surface area contributed by atoms with E-state index in [9.17, 15) is 18.8 Å². The summed E-state index contributed by atoms with van der Waals surface area (Å²) in [4.78, 5) is 44.5. The quantitative estimate of drug-likeness (QED) is 0.115. The summed E-state index contributed by atoms with van der Waals surface area (Å²) in [5.41, 5.74) is 1.57. The zero-order valence-electron chi connectivity index (χ0n) is 22.6. The van der Waals surface area contributed by atoms with Crippen LogP contribution in [0.4, 0.5) is 15.2 Å². The summed E-state index contributed by atoms with van der Waals surface area (Å²) < 4.78 is 14.5. The molecule has 0 radical (unpaired) electrons. The van der Waals surface area contributed by atoms with Crippen molar-refractivity contribution in [2.75, 3.05) is 10.6 Å². The van der Waals surface area contributed by atoms with Crippen LogP contribution in [0.2, 0.25) is 0 Å². The van der Waals surface area contributed by atoms with Gasteiger partial charge in [0.2, 0.25) is 5.91 Å². The van der Waals surface area contributed by atoms with Crippen LogP contribution in [0.1, 0.15) is 26.7 Å². The average molecular weight is 609 g/mol. The number of aromatic nitrogens is 1. The van der Waals surface area contributed by atoms with Gasteiger partial charge in [-0.1, -0.05) is 72.8 Å². The molecule has 3 N–H and O–H groups in total. The van der Waals surface area contributed by atoms with Crippen LogP contribution in [0.5, 0.6) is 0 Å². The van der Waals surface area contributed by atoms with E-state index in [0.29, 0.717) is 21.3 Å². The zero-order chi connectivity index (χ0) is 30.0. The van der Waals surface area contributed by atoms with Crippen LogP contribution in [-0.4, -0.2) is 22.7 Å². The number of rotatable bonds is 10. The number of hydrogen-bond donors (Lipinski definition) is 3.